The van der Waals surface area contributed by atoms with Crippen molar-refractivity contribution in [2.45, 2.75) is 18.9 Å². The third kappa shape index (κ3) is 2.56. The number of nitrogen functional groups attached to an aromatic ring is 1. The number of nitrogens with zero attached hydrogens (tertiary/aromatic N) is 1. The van der Waals surface area contributed by atoms with E-state index in [9.17, 15) is 9.90 Å². The van der Waals surface area contributed by atoms with Crippen molar-refractivity contribution in [3.63, 3.8) is 0 Å². The fraction of sp³-hybridized carbons (Fsp3) is 0.462. The van der Waals surface area contributed by atoms with Gasteiger partial charge < -0.3 is 20.5 Å². The van der Waals surface area contributed by atoms with Gasteiger partial charge in [0.1, 0.15) is 5.75 Å². The van der Waals surface area contributed by atoms with E-state index in [2.05, 4.69) is 0 Å². The smallest absolute Gasteiger partial charge is 0.256 e. The molecule has 1 aliphatic heterocycles. The van der Waals surface area contributed by atoms with E-state index in [-0.39, 0.29) is 17.8 Å². The molecule has 0 aliphatic carbocycles. The van der Waals surface area contributed by atoms with E-state index in [1.165, 1.54) is 12.1 Å². The number of piperidine rings is 1. The Kier molecular flexibility index (Phi) is 3.72. The van der Waals surface area contributed by atoms with Crippen molar-refractivity contribution in [2.24, 2.45) is 0 Å². The Morgan fingerprint density at radius 1 is 1.44 bits per heavy atom. The van der Waals surface area contributed by atoms with E-state index < -0.39 is 0 Å². The van der Waals surface area contributed by atoms with Crippen molar-refractivity contribution < 1.29 is 14.6 Å². The number of carbonyl (C=O) groups is 1. The van der Waals surface area contributed by atoms with Crippen LogP contribution in [0.4, 0.5) is 5.69 Å². The second-order valence-electron chi connectivity index (χ2n) is 4.50. The van der Waals surface area contributed by atoms with Crippen LogP contribution in [0.25, 0.3) is 0 Å². The van der Waals surface area contributed by atoms with Crippen molar-refractivity contribution in [1.29, 1.82) is 0 Å². The maximum absolute atomic E-state index is 12.3. The summed E-state index contributed by atoms with van der Waals surface area (Å²) >= 11 is 0. The van der Waals surface area contributed by atoms with Crippen LogP contribution in [0, 0.1) is 0 Å². The van der Waals surface area contributed by atoms with Crippen molar-refractivity contribution in [1.82, 2.24) is 4.90 Å². The number of carbonyl (C=O) groups excluding carboxylic acids is 1. The van der Waals surface area contributed by atoms with Crippen LogP contribution >= 0.6 is 0 Å². The van der Waals surface area contributed by atoms with Crippen LogP contribution in [-0.4, -0.2) is 42.2 Å². The predicted molar refractivity (Wildman–Crippen MR) is 68.5 cm³/mol. The number of amides is 1. The first-order valence-electron chi connectivity index (χ1n) is 6.02. The lowest BCUT2D eigenvalue weighted by Gasteiger charge is -2.31. The highest BCUT2D eigenvalue weighted by Crippen LogP contribution is 2.22. The minimum absolute atomic E-state index is 0.0549. The van der Waals surface area contributed by atoms with Gasteiger partial charge in [-0.05, 0) is 31.0 Å². The Hall–Kier alpha value is -1.75. The van der Waals surface area contributed by atoms with Gasteiger partial charge in [-0.1, -0.05) is 0 Å². The molecule has 0 unspecified atom stereocenters. The minimum atomic E-state index is -0.127. The molecular formula is C13H18N2O3. The average Bonchev–Trinajstić information content (AvgIpc) is 2.41. The zero-order valence-electron chi connectivity index (χ0n) is 10.4. The van der Waals surface area contributed by atoms with Gasteiger partial charge in [0.15, 0.2) is 0 Å². The van der Waals surface area contributed by atoms with Crippen LogP contribution < -0.4 is 5.73 Å². The van der Waals surface area contributed by atoms with Gasteiger partial charge in [-0.25, -0.2) is 0 Å². The maximum atomic E-state index is 12.3. The van der Waals surface area contributed by atoms with E-state index in [1.54, 1.807) is 18.1 Å². The van der Waals surface area contributed by atoms with Crippen LogP contribution in [0.5, 0.6) is 5.75 Å². The Bertz CT molecular complexity index is 440. The van der Waals surface area contributed by atoms with Crippen LogP contribution in [0.1, 0.15) is 23.2 Å². The molecule has 1 amide bonds. The van der Waals surface area contributed by atoms with Gasteiger partial charge in [0, 0.05) is 25.9 Å². The quantitative estimate of drug-likeness (QED) is 0.611. The van der Waals surface area contributed by atoms with Gasteiger partial charge in [0.25, 0.3) is 5.91 Å². The first-order chi connectivity index (χ1) is 8.61. The molecule has 98 valence electrons. The zero-order chi connectivity index (χ0) is 13.1. The van der Waals surface area contributed by atoms with Crippen molar-refractivity contribution in [3.05, 3.63) is 23.8 Å². The molecule has 1 aromatic carbocycles. The van der Waals surface area contributed by atoms with E-state index in [0.717, 1.165) is 12.8 Å². The van der Waals surface area contributed by atoms with Gasteiger partial charge in [-0.3, -0.25) is 4.79 Å². The number of likely N-dealkylation sites (tertiary alicyclic amines) is 1. The highest BCUT2D eigenvalue weighted by Gasteiger charge is 2.24. The largest absolute Gasteiger partial charge is 0.508 e. The van der Waals surface area contributed by atoms with Crippen LogP contribution in [0.15, 0.2) is 18.2 Å². The number of ether oxygens (including phenoxy) is 1. The molecule has 0 bridgehead atoms. The summed E-state index contributed by atoms with van der Waals surface area (Å²) in [5.74, 6) is -0.0720. The number of hydrogen-bond donors (Lipinski definition) is 2. The third-order valence-corrected chi connectivity index (χ3v) is 3.33. The number of rotatable bonds is 2. The molecule has 1 aliphatic rings. The molecule has 0 saturated carbocycles. The molecule has 0 atom stereocenters. The second-order valence-corrected chi connectivity index (χ2v) is 4.50. The summed E-state index contributed by atoms with van der Waals surface area (Å²) in [6.07, 6.45) is 1.90. The zero-order valence-corrected chi connectivity index (χ0v) is 10.4. The van der Waals surface area contributed by atoms with Crippen LogP contribution in [0.2, 0.25) is 0 Å². The van der Waals surface area contributed by atoms with Gasteiger partial charge in [0.2, 0.25) is 0 Å². The van der Waals surface area contributed by atoms with Crippen LogP contribution in [-0.2, 0) is 4.74 Å². The van der Waals surface area contributed by atoms with Crippen LogP contribution in [0.3, 0.4) is 0 Å². The summed E-state index contributed by atoms with van der Waals surface area (Å²) in [4.78, 5) is 14.0. The highest BCUT2D eigenvalue weighted by molar-refractivity contribution is 5.99. The Morgan fingerprint density at radius 3 is 2.72 bits per heavy atom. The fourth-order valence-corrected chi connectivity index (χ4v) is 2.19. The third-order valence-electron chi connectivity index (χ3n) is 3.33. The summed E-state index contributed by atoms with van der Waals surface area (Å²) in [6.45, 7) is 1.32. The number of anilines is 1. The van der Waals surface area contributed by atoms with Gasteiger partial charge in [-0.2, -0.15) is 0 Å². The standard InChI is InChI=1S/C13H18N2O3/c1-18-10-4-6-15(7-5-10)13(17)11-8-9(16)2-3-12(11)14/h2-3,8,10,16H,4-7,14H2,1H3. The normalized spacial score (nSPS) is 16.8. The topological polar surface area (TPSA) is 75.8 Å². The molecule has 3 N–H and O–H groups in total. The number of phenolic OH excluding ortho intramolecular Hbond substituents is 1. The first-order valence-corrected chi connectivity index (χ1v) is 6.02. The number of methoxy groups -OCH3 is 1. The summed E-state index contributed by atoms with van der Waals surface area (Å²) in [7, 11) is 1.69. The first kappa shape index (κ1) is 12.7. The highest BCUT2D eigenvalue weighted by atomic mass is 16.5. The number of aromatic hydroxyl groups is 1. The number of benzene rings is 1. The molecule has 0 aromatic heterocycles. The lowest BCUT2D eigenvalue weighted by atomic mass is 10.1. The summed E-state index contributed by atoms with van der Waals surface area (Å²) < 4.78 is 5.27. The second kappa shape index (κ2) is 5.27. The Morgan fingerprint density at radius 2 is 2.11 bits per heavy atom. The van der Waals surface area contributed by atoms with E-state index in [1.807, 2.05) is 0 Å². The molecule has 18 heavy (non-hydrogen) atoms. The lowest BCUT2D eigenvalue weighted by Crippen LogP contribution is -2.40. The summed E-state index contributed by atoms with van der Waals surface area (Å²) in [5.41, 5.74) is 6.53. The number of nitrogens with two attached hydrogens (primary N) is 1. The molecule has 1 aromatic rings. The average molecular weight is 250 g/mol. The SMILES string of the molecule is COC1CCN(C(=O)c2cc(O)ccc2N)CC1. The molecule has 5 heteroatoms. The van der Waals surface area contributed by atoms with Crippen molar-refractivity contribution in [2.75, 3.05) is 25.9 Å². The Balaban J connectivity index is 2.10. The molecule has 1 saturated heterocycles. The fourth-order valence-electron chi connectivity index (χ4n) is 2.19. The molecular weight excluding hydrogens is 232 g/mol. The van der Waals surface area contributed by atoms with Gasteiger partial charge in [0.05, 0.1) is 11.7 Å². The van der Waals surface area contributed by atoms with Crippen molar-refractivity contribution in [3.8, 4) is 5.75 Å². The summed E-state index contributed by atoms with van der Waals surface area (Å²) in [6, 6.07) is 4.44. The molecule has 5 nitrogen and oxygen atoms in total. The molecule has 2 rings (SSSR count). The van der Waals surface area contributed by atoms with E-state index in [0.29, 0.717) is 24.3 Å². The van der Waals surface area contributed by atoms with Gasteiger partial charge in [-0.15, -0.1) is 0 Å². The van der Waals surface area contributed by atoms with E-state index in [4.69, 9.17) is 10.5 Å². The van der Waals surface area contributed by atoms with Gasteiger partial charge >= 0.3 is 0 Å². The minimum Gasteiger partial charge on any atom is -0.508 e. The number of hydrogen-bond acceptors (Lipinski definition) is 4. The summed E-state index contributed by atoms with van der Waals surface area (Å²) in [5, 5.41) is 9.42. The Labute approximate surface area is 106 Å². The van der Waals surface area contributed by atoms with Crippen molar-refractivity contribution >= 4 is 11.6 Å². The monoisotopic (exact) mass is 250 g/mol. The molecule has 0 radical (unpaired) electrons. The lowest BCUT2D eigenvalue weighted by molar-refractivity contribution is 0.0351. The number of phenols is 1. The maximum Gasteiger partial charge on any atom is 0.256 e. The predicted octanol–water partition coefficient (Wildman–Crippen LogP) is 1.23. The molecule has 1 fully saturated rings. The molecule has 0 spiro atoms. The van der Waals surface area contributed by atoms with E-state index >= 15 is 0 Å². The molecule has 1 heterocycles.